The standard InChI is InChI=1S/C14H26N4O2S/c1-11(2)17-10-14(7-13(17)8-15)21(19,20)18-6-5-16(4)9-12(18)3/h7,10-12H,5-6,8-9,15H2,1-4H3. The predicted molar refractivity (Wildman–Crippen MR) is 83.6 cm³/mol. The summed E-state index contributed by atoms with van der Waals surface area (Å²) in [5, 5.41) is 0. The van der Waals surface area contributed by atoms with Crippen molar-refractivity contribution in [2.75, 3.05) is 26.7 Å². The van der Waals surface area contributed by atoms with E-state index in [-0.39, 0.29) is 12.1 Å². The fourth-order valence-corrected chi connectivity index (χ4v) is 4.56. The van der Waals surface area contributed by atoms with Gasteiger partial charge in [0, 0.05) is 50.2 Å². The van der Waals surface area contributed by atoms with Gasteiger partial charge in [-0.25, -0.2) is 8.42 Å². The van der Waals surface area contributed by atoms with Crippen molar-refractivity contribution in [3.8, 4) is 0 Å². The van der Waals surface area contributed by atoms with Crippen LogP contribution in [0.4, 0.5) is 0 Å². The largest absolute Gasteiger partial charge is 0.346 e. The molecule has 21 heavy (non-hydrogen) atoms. The minimum Gasteiger partial charge on any atom is -0.346 e. The summed E-state index contributed by atoms with van der Waals surface area (Å²) < 4.78 is 29.3. The summed E-state index contributed by atoms with van der Waals surface area (Å²) in [4.78, 5) is 2.51. The summed E-state index contributed by atoms with van der Waals surface area (Å²) in [6.07, 6.45) is 1.72. The lowest BCUT2D eigenvalue weighted by Gasteiger charge is -2.36. The van der Waals surface area contributed by atoms with E-state index in [1.165, 1.54) is 0 Å². The first-order chi connectivity index (χ1) is 9.77. The molecule has 0 aliphatic carbocycles. The monoisotopic (exact) mass is 314 g/mol. The third-order valence-electron chi connectivity index (χ3n) is 4.05. The Balaban J connectivity index is 2.36. The van der Waals surface area contributed by atoms with Crippen LogP contribution in [0, 0.1) is 0 Å². The minimum atomic E-state index is -3.45. The highest BCUT2D eigenvalue weighted by Gasteiger charge is 2.33. The van der Waals surface area contributed by atoms with Crippen LogP contribution in [0.25, 0.3) is 0 Å². The molecule has 7 heteroatoms. The summed E-state index contributed by atoms with van der Waals surface area (Å²) in [6.45, 7) is 8.39. The van der Waals surface area contributed by atoms with Gasteiger partial charge in [-0.15, -0.1) is 0 Å². The first-order valence-electron chi connectivity index (χ1n) is 7.38. The molecule has 1 fully saturated rings. The van der Waals surface area contributed by atoms with Crippen LogP contribution in [0.3, 0.4) is 0 Å². The molecule has 1 aromatic rings. The summed E-state index contributed by atoms with van der Waals surface area (Å²) in [6, 6.07) is 1.88. The Kier molecular flexibility index (Phi) is 4.77. The van der Waals surface area contributed by atoms with Crippen LogP contribution >= 0.6 is 0 Å². The molecule has 1 unspecified atom stereocenters. The van der Waals surface area contributed by atoms with Crippen LogP contribution in [-0.2, 0) is 16.6 Å². The average Bonchev–Trinajstić information content (AvgIpc) is 2.83. The van der Waals surface area contributed by atoms with E-state index in [9.17, 15) is 8.42 Å². The maximum atomic E-state index is 12.9. The second-order valence-electron chi connectivity index (χ2n) is 6.10. The number of rotatable bonds is 4. The summed E-state index contributed by atoms with van der Waals surface area (Å²) in [5.41, 5.74) is 6.59. The smallest absolute Gasteiger partial charge is 0.244 e. The molecule has 1 saturated heterocycles. The lowest BCUT2D eigenvalue weighted by Crippen LogP contribution is -2.52. The van der Waals surface area contributed by atoms with E-state index in [2.05, 4.69) is 4.90 Å². The highest BCUT2D eigenvalue weighted by atomic mass is 32.2. The normalized spacial score (nSPS) is 22.1. The van der Waals surface area contributed by atoms with Crippen LogP contribution in [0.1, 0.15) is 32.5 Å². The van der Waals surface area contributed by atoms with Crippen molar-refractivity contribution >= 4 is 10.0 Å². The van der Waals surface area contributed by atoms with Crippen molar-refractivity contribution in [3.05, 3.63) is 18.0 Å². The molecule has 0 spiro atoms. The Labute approximate surface area is 127 Å². The summed E-state index contributed by atoms with van der Waals surface area (Å²) in [7, 11) is -1.43. The molecule has 0 amide bonds. The fraction of sp³-hybridized carbons (Fsp3) is 0.714. The molecule has 1 atom stereocenters. The SMILES string of the molecule is CC1CN(C)CCN1S(=O)(=O)c1cc(CN)n(C(C)C)c1. The molecule has 0 bridgehead atoms. The van der Waals surface area contributed by atoms with E-state index in [1.807, 2.05) is 32.4 Å². The number of sulfonamides is 1. The molecule has 1 aromatic heterocycles. The van der Waals surface area contributed by atoms with Gasteiger partial charge in [0.15, 0.2) is 0 Å². The zero-order valence-electron chi connectivity index (χ0n) is 13.3. The van der Waals surface area contributed by atoms with Crippen LogP contribution in [0.5, 0.6) is 0 Å². The third kappa shape index (κ3) is 3.15. The highest BCUT2D eigenvalue weighted by Crippen LogP contribution is 2.24. The fourth-order valence-electron chi connectivity index (χ4n) is 2.90. The zero-order valence-corrected chi connectivity index (χ0v) is 14.1. The number of nitrogens with two attached hydrogens (primary N) is 1. The summed E-state index contributed by atoms with van der Waals surface area (Å²) >= 11 is 0. The maximum absolute atomic E-state index is 12.9. The van der Waals surface area contributed by atoms with Crippen molar-refractivity contribution in [1.29, 1.82) is 0 Å². The summed E-state index contributed by atoms with van der Waals surface area (Å²) in [5.74, 6) is 0. The predicted octanol–water partition coefficient (Wildman–Crippen LogP) is 0.852. The van der Waals surface area contributed by atoms with Crippen LogP contribution in [-0.4, -0.2) is 54.9 Å². The van der Waals surface area contributed by atoms with Gasteiger partial charge in [-0.2, -0.15) is 4.31 Å². The van der Waals surface area contributed by atoms with Crippen LogP contribution in [0.2, 0.25) is 0 Å². The van der Waals surface area contributed by atoms with Crippen LogP contribution < -0.4 is 5.73 Å². The van der Waals surface area contributed by atoms with E-state index in [4.69, 9.17) is 5.73 Å². The number of piperazine rings is 1. The van der Waals surface area contributed by atoms with Gasteiger partial charge in [0.25, 0.3) is 0 Å². The highest BCUT2D eigenvalue weighted by molar-refractivity contribution is 7.89. The molecule has 0 radical (unpaired) electrons. The molecule has 120 valence electrons. The molecule has 2 N–H and O–H groups in total. The Hall–Kier alpha value is -0.890. The van der Waals surface area contributed by atoms with Gasteiger partial charge in [0.2, 0.25) is 10.0 Å². The van der Waals surface area contributed by atoms with E-state index >= 15 is 0 Å². The Morgan fingerprint density at radius 2 is 2.05 bits per heavy atom. The van der Waals surface area contributed by atoms with Gasteiger partial charge in [0.1, 0.15) is 4.90 Å². The quantitative estimate of drug-likeness (QED) is 0.894. The number of nitrogens with zero attached hydrogens (tertiary/aromatic N) is 3. The molecule has 2 heterocycles. The number of likely N-dealkylation sites (N-methyl/N-ethyl adjacent to an activating group) is 1. The second kappa shape index (κ2) is 6.08. The van der Waals surface area contributed by atoms with E-state index in [0.717, 1.165) is 18.8 Å². The first kappa shape index (κ1) is 16.5. The molecule has 0 aromatic carbocycles. The number of hydrogen-bond acceptors (Lipinski definition) is 4. The van der Waals surface area contributed by atoms with Gasteiger partial charge in [-0.1, -0.05) is 0 Å². The molecular weight excluding hydrogens is 288 g/mol. The molecular formula is C14H26N4O2S. The topological polar surface area (TPSA) is 71.6 Å². The molecule has 1 aliphatic heterocycles. The zero-order chi connectivity index (χ0) is 15.8. The van der Waals surface area contributed by atoms with Crippen molar-refractivity contribution in [1.82, 2.24) is 13.8 Å². The van der Waals surface area contributed by atoms with Gasteiger partial charge in [-0.05, 0) is 33.9 Å². The first-order valence-corrected chi connectivity index (χ1v) is 8.82. The van der Waals surface area contributed by atoms with E-state index in [1.54, 1.807) is 16.6 Å². The van der Waals surface area contributed by atoms with Gasteiger partial charge in [-0.3, -0.25) is 0 Å². The minimum absolute atomic E-state index is 0.0162. The van der Waals surface area contributed by atoms with Crippen molar-refractivity contribution in [2.24, 2.45) is 5.73 Å². The van der Waals surface area contributed by atoms with E-state index < -0.39 is 10.0 Å². The molecule has 6 nitrogen and oxygen atoms in total. The molecule has 2 rings (SSSR count). The van der Waals surface area contributed by atoms with Crippen molar-refractivity contribution < 1.29 is 8.42 Å². The van der Waals surface area contributed by atoms with Crippen molar-refractivity contribution in [3.63, 3.8) is 0 Å². The van der Waals surface area contributed by atoms with Gasteiger partial charge < -0.3 is 15.2 Å². The number of hydrogen-bond donors (Lipinski definition) is 1. The Morgan fingerprint density at radius 1 is 1.38 bits per heavy atom. The maximum Gasteiger partial charge on any atom is 0.244 e. The lowest BCUT2D eigenvalue weighted by molar-refractivity contribution is 0.170. The van der Waals surface area contributed by atoms with Gasteiger partial charge in [0.05, 0.1) is 0 Å². The van der Waals surface area contributed by atoms with Gasteiger partial charge >= 0.3 is 0 Å². The van der Waals surface area contributed by atoms with Crippen LogP contribution in [0.15, 0.2) is 17.2 Å². The number of aromatic nitrogens is 1. The third-order valence-corrected chi connectivity index (χ3v) is 6.03. The Bertz CT molecular complexity index is 594. The second-order valence-corrected chi connectivity index (χ2v) is 7.99. The average molecular weight is 314 g/mol. The van der Waals surface area contributed by atoms with Crippen molar-refractivity contribution in [2.45, 2.75) is 44.3 Å². The molecule has 0 saturated carbocycles. The van der Waals surface area contributed by atoms with E-state index in [0.29, 0.717) is 18.0 Å². The Morgan fingerprint density at radius 3 is 2.52 bits per heavy atom. The molecule has 1 aliphatic rings. The lowest BCUT2D eigenvalue weighted by atomic mass is 10.2.